The fourth-order valence-electron chi connectivity index (χ4n) is 3.02. The molecule has 0 spiro atoms. The van der Waals surface area contributed by atoms with Crippen LogP contribution in [0.25, 0.3) is 6.08 Å². The summed E-state index contributed by atoms with van der Waals surface area (Å²) in [5.74, 6) is 0.226. The highest BCUT2D eigenvalue weighted by molar-refractivity contribution is 9.10. The highest BCUT2D eigenvalue weighted by Crippen LogP contribution is 2.31. The monoisotopic (exact) mass is 525 g/mol. The third-order valence-electron chi connectivity index (χ3n) is 4.47. The number of amides is 1. The summed E-state index contributed by atoms with van der Waals surface area (Å²) in [6.07, 6.45) is 1.63. The molecule has 3 aromatic rings. The van der Waals surface area contributed by atoms with E-state index in [9.17, 15) is 14.9 Å². The normalized spacial score (nSPS) is 14.9. The molecule has 0 saturated carbocycles. The van der Waals surface area contributed by atoms with Crippen LogP contribution in [-0.2, 0) is 4.79 Å². The lowest BCUT2D eigenvalue weighted by Crippen LogP contribution is -2.32. The Kier molecular flexibility index (Phi) is 5.61. The van der Waals surface area contributed by atoms with Gasteiger partial charge in [-0.05, 0) is 54.1 Å². The van der Waals surface area contributed by atoms with Crippen LogP contribution in [0.5, 0.6) is 0 Å². The molecule has 0 fully saturated rings. The first-order chi connectivity index (χ1) is 14.4. The topological polar surface area (TPSA) is 75.8 Å². The van der Waals surface area contributed by atoms with Crippen LogP contribution in [0.1, 0.15) is 11.1 Å². The minimum absolute atomic E-state index is 0.0104. The molecule has 4 rings (SSSR count). The van der Waals surface area contributed by atoms with Gasteiger partial charge in [0.2, 0.25) is 0 Å². The van der Waals surface area contributed by atoms with E-state index in [1.807, 2.05) is 48.5 Å². The standard InChI is InChI=1S/C22H13Br2N3O3/c23-15-7-11-16(12-8-15)26-21(18-3-1-2-4-19(18)24)25-20(22(26)28)13-14-5-9-17(10-6-14)27(29)30/h1-13H/b20-13+. The molecule has 0 unspecified atom stereocenters. The highest BCUT2D eigenvalue weighted by Gasteiger charge is 2.33. The molecule has 6 nitrogen and oxygen atoms in total. The number of rotatable bonds is 4. The SMILES string of the molecule is O=C1/C(=C\c2ccc([N+](=O)[O-])cc2)N=C(c2ccccc2Br)N1c1ccc(Br)cc1. The number of halogens is 2. The summed E-state index contributed by atoms with van der Waals surface area (Å²) in [6.45, 7) is 0. The molecule has 1 aliphatic heterocycles. The fourth-order valence-corrected chi connectivity index (χ4v) is 3.75. The maximum Gasteiger partial charge on any atom is 0.282 e. The van der Waals surface area contributed by atoms with E-state index < -0.39 is 4.92 Å². The van der Waals surface area contributed by atoms with Crippen molar-refractivity contribution in [2.24, 2.45) is 4.99 Å². The zero-order chi connectivity index (χ0) is 21.3. The van der Waals surface area contributed by atoms with Crippen molar-refractivity contribution in [3.05, 3.63) is 109 Å². The van der Waals surface area contributed by atoms with Crippen LogP contribution in [0.3, 0.4) is 0 Å². The molecule has 1 heterocycles. The molecule has 0 aliphatic carbocycles. The Morgan fingerprint density at radius 2 is 1.60 bits per heavy atom. The molecule has 3 aromatic carbocycles. The number of nitrogens with zero attached hydrogens (tertiary/aromatic N) is 3. The van der Waals surface area contributed by atoms with Crippen molar-refractivity contribution in [2.75, 3.05) is 4.90 Å². The lowest BCUT2D eigenvalue weighted by atomic mass is 10.1. The van der Waals surface area contributed by atoms with Crippen molar-refractivity contribution < 1.29 is 9.72 Å². The average molecular weight is 527 g/mol. The van der Waals surface area contributed by atoms with Crippen molar-refractivity contribution in [3.63, 3.8) is 0 Å². The Labute approximate surface area is 189 Å². The number of anilines is 1. The molecule has 0 saturated heterocycles. The van der Waals surface area contributed by atoms with Gasteiger partial charge in [0.25, 0.3) is 11.6 Å². The maximum absolute atomic E-state index is 13.3. The van der Waals surface area contributed by atoms with Crippen molar-refractivity contribution in [3.8, 4) is 0 Å². The Hall–Kier alpha value is -3.10. The molecule has 30 heavy (non-hydrogen) atoms. The first-order valence-electron chi connectivity index (χ1n) is 8.84. The van der Waals surface area contributed by atoms with Crippen LogP contribution < -0.4 is 4.90 Å². The van der Waals surface area contributed by atoms with Gasteiger partial charge in [0.05, 0.1) is 10.6 Å². The van der Waals surface area contributed by atoms with Gasteiger partial charge in [-0.2, -0.15) is 0 Å². The van der Waals surface area contributed by atoms with Gasteiger partial charge in [0, 0.05) is 26.6 Å². The van der Waals surface area contributed by atoms with Crippen LogP contribution in [0.4, 0.5) is 11.4 Å². The number of hydrogen-bond acceptors (Lipinski definition) is 4. The predicted octanol–water partition coefficient (Wildman–Crippen LogP) is 5.95. The van der Waals surface area contributed by atoms with Gasteiger partial charge >= 0.3 is 0 Å². The molecule has 148 valence electrons. The smallest absolute Gasteiger partial charge is 0.266 e. The average Bonchev–Trinajstić information content (AvgIpc) is 3.05. The van der Waals surface area contributed by atoms with Gasteiger partial charge < -0.3 is 0 Å². The van der Waals surface area contributed by atoms with Gasteiger partial charge in [0.1, 0.15) is 11.5 Å². The zero-order valence-corrected chi connectivity index (χ0v) is 18.5. The molecule has 0 atom stereocenters. The van der Waals surface area contributed by atoms with E-state index in [-0.39, 0.29) is 17.3 Å². The minimum Gasteiger partial charge on any atom is -0.266 e. The molecule has 1 aliphatic rings. The van der Waals surface area contributed by atoms with Gasteiger partial charge in [-0.15, -0.1) is 0 Å². The number of carbonyl (C=O) groups excluding carboxylic acids is 1. The Bertz CT molecular complexity index is 1200. The van der Waals surface area contributed by atoms with Crippen molar-refractivity contribution in [2.45, 2.75) is 0 Å². The summed E-state index contributed by atoms with van der Waals surface area (Å²) < 4.78 is 1.72. The molecule has 8 heteroatoms. The van der Waals surface area contributed by atoms with E-state index >= 15 is 0 Å². The van der Waals surface area contributed by atoms with Crippen LogP contribution in [0, 0.1) is 10.1 Å². The van der Waals surface area contributed by atoms with Crippen molar-refractivity contribution >= 4 is 61.1 Å². The number of non-ortho nitro benzene ring substituents is 1. The molecular formula is C22H13Br2N3O3. The number of hydrogen-bond donors (Lipinski definition) is 0. The molecule has 0 aromatic heterocycles. The van der Waals surface area contributed by atoms with Crippen LogP contribution in [0.15, 0.2) is 92.4 Å². The van der Waals surface area contributed by atoms with E-state index in [4.69, 9.17) is 0 Å². The lowest BCUT2D eigenvalue weighted by molar-refractivity contribution is -0.384. The van der Waals surface area contributed by atoms with Crippen molar-refractivity contribution in [1.29, 1.82) is 0 Å². The van der Waals surface area contributed by atoms with E-state index in [0.717, 1.165) is 14.5 Å². The first-order valence-corrected chi connectivity index (χ1v) is 10.4. The summed E-state index contributed by atoms with van der Waals surface area (Å²) in [7, 11) is 0. The molecular weight excluding hydrogens is 514 g/mol. The Morgan fingerprint density at radius 3 is 2.23 bits per heavy atom. The number of benzene rings is 3. The maximum atomic E-state index is 13.3. The quantitative estimate of drug-likeness (QED) is 0.239. The second kappa shape index (κ2) is 8.33. The van der Waals surface area contributed by atoms with Crippen molar-refractivity contribution in [1.82, 2.24) is 0 Å². The third kappa shape index (κ3) is 3.96. The van der Waals surface area contributed by atoms with Crippen LogP contribution >= 0.6 is 31.9 Å². The number of carbonyl (C=O) groups is 1. The summed E-state index contributed by atoms with van der Waals surface area (Å²) >= 11 is 6.95. The molecule has 1 amide bonds. The lowest BCUT2D eigenvalue weighted by Gasteiger charge is -2.19. The summed E-state index contributed by atoms with van der Waals surface area (Å²) in [4.78, 5) is 29.8. The largest absolute Gasteiger partial charge is 0.282 e. The Morgan fingerprint density at radius 1 is 0.933 bits per heavy atom. The van der Waals surface area contributed by atoms with Crippen LogP contribution in [-0.4, -0.2) is 16.7 Å². The summed E-state index contributed by atoms with van der Waals surface area (Å²) in [6, 6.07) is 20.9. The van der Waals surface area contributed by atoms with Crippen LogP contribution in [0.2, 0.25) is 0 Å². The van der Waals surface area contributed by atoms with Gasteiger partial charge in [-0.25, -0.2) is 4.99 Å². The Balaban J connectivity index is 1.80. The number of aliphatic imine (C=N–C) groups is 1. The van der Waals surface area contributed by atoms with E-state index in [1.165, 1.54) is 12.1 Å². The zero-order valence-electron chi connectivity index (χ0n) is 15.3. The number of nitro benzene ring substituents is 1. The predicted molar refractivity (Wildman–Crippen MR) is 123 cm³/mol. The molecule has 0 N–H and O–H groups in total. The minimum atomic E-state index is -0.462. The number of nitro groups is 1. The molecule has 0 bridgehead atoms. The summed E-state index contributed by atoms with van der Waals surface area (Å²) in [5.41, 5.74) is 2.35. The number of amidine groups is 1. The second-order valence-electron chi connectivity index (χ2n) is 6.41. The van der Waals surface area contributed by atoms with E-state index in [0.29, 0.717) is 17.1 Å². The second-order valence-corrected chi connectivity index (χ2v) is 8.18. The highest BCUT2D eigenvalue weighted by atomic mass is 79.9. The van der Waals surface area contributed by atoms with E-state index in [1.54, 1.807) is 23.1 Å². The van der Waals surface area contributed by atoms with Gasteiger partial charge in [0.15, 0.2) is 0 Å². The van der Waals surface area contributed by atoms with Gasteiger partial charge in [-0.1, -0.05) is 50.1 Å². The summed E-state index contributed by atoms with van der Waals surface area (Å²) in [5, 5.41) is 10.9. The van der Waals surface area contributed by atoms with Gasteiger partial charge in [-0.3, -0.25) is 19.8 Å². The fraction of sp³-hybridized carbons (Fsp3) is 0. The third-order valence-corrected chi connectivity index (χ3v) is 5.69. The molecule has 0 radical (unpaired) electrons. The first kappa shape index (κ1) is 20.2. The van der Waals surface area contributed by atoms with E-state index in [2.05, 4.69) is 36.9 Å².